The molecule has 0 saturated heterocycles. The average Bonchev–Trinajstić information content (AvgIpc) is 2.38. The number of hydrogen-bond donors (Lipinski definition) is 1. The largest absolute Gasteiger partial charge is 0.488 e. The van der Waals surface area contributed by atoms with Gasteiger partial charge in [0.2, 0.25) is 0 Å². The molecule has 2 nitrogen and oxygen atoms in total. The Balaban J connectivity index is 2.13. The van der Waals surface area contributed by atoms with Gasteiger partial charge in [-0.25, -0.2) is 0 Å². The highest BCUT2D eigenvalue weighted by molar-refractivity contribution is 9.10. The SMILES string of the molecule is Cc1ccc(OCc2ccc(C(N)=S)cc2Cl)c(Br)c1. The van der Waals surface area contributed by atoms with E-state index in [1.807, 2.05) is 37.3 Å². The van der Waals surface area contributed by atoms with Crippen molar-refractivity contribution < 1.29 is 4.74 Å². The summed E-state index contributed by atoms with van der Waals surface area (Å²) in [4.78, 5) is 0.334. The van der Waals surface area contributed by atoms with E-state index in [4.69, 9.17) is 34.3 Å². The van der Waals surface area contributed by atoms with Crippen LogP contribution in [0, 0.1) is 6.92 Å². The van der Waals surface area contributed by atoms with Crippen LogP contribution in [0.2, 0.25) is 5.02 Å². The van der Waals surface area contributed by atoms with Crippen LogP contribution in [0.3, 0.4) is 0 Å². The number of nitrogens with two attached hydrogens (primary N) is 1. The van der Waals surface area contributed by atoms with E-state index in [2.05, 4.69) is 15.9 Å². The molecule has 0 radical (unpaired) electrons. The quantitative estimate of drug-likeness (QED) is 0.797. The highest BCUT2D eigenvalue weighted by atomic mass is 79.9. The van der Waals surface area contributed by atoms with Crippen LogP contribution in [0.5, 0.6) is 5.75 Å². The molecular weight excluding hydrogens is 358 g/mol. The van der Waals surface area contributed by atoms with Crippen LogP contribution in [-0.2, 0) is 6.61 Å². The van der Waals surface area contributed by atoms with Gasteiger partial charge in [0.15, 0.2) is 0 Å². The van der Waals surface area contributed by atoms with E-state index >= 15 is 0 Å². The maximum Gasteiger partial charge on any atom is 0.134 e. The molecule has 2 aromatic carbocycles. The Morgan fingerprint density at radius 2 is 2.05 bits per heavy atom. The van der Waals surface area contributed by atoms with Crippen LogP contribution >= 0.6 is 39.7 Å². The van der Waals surface area contributed by atoms with E-state index in [0.717, 1.165) is 21.3 Å². The fourth-order valence-corrected chi connectivity index (χ4v) is 2.67. The van der Waals surface area contributed by atoms with Crippen LogP contribution in [0.25, 0.3) is 0 Å². The lowest BCUT2D eigenvalue weighted by molar-refractivity contribution is 0.304. The van der Waals surface area contributed by atoms with Crippen molar-refractivity contribution in [3.63, 3.8) is 0 Å². The van der Waals surface area contributed by atoms with Gasteiger partial charge in [-0.2, -0.15) is 0 Å². The number of aryl methyl sites for hydroxylation is 1. The summed E-state index contributed by atoms with van der Waals surface area (Å²) in [7, 11) is 0. The fourth-order valence-electron chi connectivity index (χ4n) is 1.70. The standard InChI is InChI=1S/C15H13BrClNOS/c1-9-2-5-14(12(16)6-9)19-8-11-4-3-10(15(18)20)7-13(11)17/h2-7H,8H2,1H3,(H2,18,20). The highest BCUT2D eigenvalue weighted by Gasteiger charge is 2.06. The summed E-state index contributed by atoms with van der Waals surface area (Å²) in [5, 5.41) is 0.596. The first-order chi connectivity index (χ1) is 9.47. The minimum atomic E-state index is 0.334. The maximum atomic E-state index is 6.20. The lowest BCUT2D eigenvalue weighted by Gasteiger charge is -2.11. The monoisotopic (exact) mass is 369 g/mol. The Morgan fingerprint density at radius 1 is 1.30 bits per heavy atom. The van der Waals surface area contributed by atoms with Gasteiger partial charge in [0.1, 0.15) is 17.3 Å². The van der Waals surface area contributed by atoms with Crippen LogP contribution in [0.1, 0.15) is 16.7 Å². The third-order valence-corrected chi connectivity index (χ3v) is 4.02. The van der Waals surface area contributed by atoms with Crippen LogP contribution in [0.4, 0.5) is 0 Å². The van der Waals surface area contributed by atoms with Crippen molar-refractivity contribution in [2.24, 2.45) is 5.73 Å². The molecule has 0 saturated carbocycles. The van der Waals surface area contributed by atoms with E-state index in [1.165, 1.54) is 5.56 Å². The molecule has 0 aliphatic heterocycles. The number of halogens is 2. The molecule has 0 unspecified atom stereocenters. The van der Waals surface area contributed by atoms with Crippen molar-refractivity contribution in [1.82, 2.24) is 0 Å². The zero-order valence-corrected chi connectivity index (χ0v) is 14.0. The van der Waals surface area contributed by atoms with E-state index in [9.17, 15) is 0 Å². The molecule has 0 aliphatic carbocycles. The minimum absolute atomic E-state index is 0.334. The third kappa shape index (κ3) is 3.72. The maximum absolute atomic E-state index is 6.20. The zero-order chi connectivity index (χ0) is 14.7. The molecule has 0 aliphatic rings. The van der Waals surface area contributed by atoms with E-state index < -0.39 is 0 Å². The zero-order valence-electron chi connectivity index (χ0n) is 10.8. The molecule has 2 N–H and O–H groups in total. The Bertz CT molecular complexity index is 660. The molecule has 5 heteroatoms. The Hall–Kier alpha value is -1.10. The van der Waals surface area contributed by atoms with E-state index in [1.54, 1.807) is 6.07 Å². The lowest BCUT2D eigenvalue weighted by Crippen LogP contribution is -2.09. The number of ether oxygens (including phenoxy) is 1. The molecule has 0 spiro atoms. The van der Waals surface area contributed by atoms with Gasteiger partial charge >= 0.3 is 0 Å². The molecule has 104 valence electrons. The smallest absolute Gasteiger partial charge is 0.134 e. The summed E-state index contributed by atoms with van der Waals surface area (Å²) in [6.07, 6.45) is 0. The first-order valence-corrected chi connectivity index (χ1v) is 7.52. The van der Waals surface area contributed by atoms with E-state index in [-0.39, 0.29) is 0 Å². The number of benzene rings is 2. The Morgan fingerprint density at radius 3 is 2.65 bits per heavy atom. The molecular formula is C15H13BrClNOS. The summed E-state index contributed by atoms with van der Waals surface area (Å²) in [6.45, 7) is 2.41. The van der Waals surface area contributed by atoms with Crippen molar-refractivity contribution in [3.8, 4) is 5.75 Å². The van der Waals surface area contributed by atoms with Gasteiger partial charge in [-0.15, -0.1) is 0 Å². The average molecular weight is 371 g/mol. The molecule has 0 amide bonds. The summed E-state index contributed by atoms with van der Waals surface area (Å²) in [5.41, 5.74) is 8.38. The second-order valence-electron chi connectivity index (χ2n) is 4.39. The van der Waals surface area contributed by atoms with E-state index in [0.29, 0.717) is 16.6 Å². The summed E-state index contributed by atoms with van der Waals surface area (Å²) in [5.74, 6) is 0.782. The van der Waals surface area contributed by atoms with Gasteiger partial charge in [-0.3, -0.25) is 0 Å². The van der Waals surface area contributed by atoms with Crippen LogP contribution < -0.4 is 10.5 Å². The number of rotatable bonds is 4. The molecule has 0 atom stereocenters. The second-order valence-corrected chi connectivity index (χ2v) is 6.09. The van der Waals surface area contributed by atoms with Gasteiger partial charge in [-0.1, -0.05) is 42.0 Å². The Kier molecular flexibility index (Phi) is 5.02. The van der Waals surface area contributed by atoms with Gasteiger partial charge in [0.05, 0.1) is 4.47 Å². The van der Waals surface area contributed by atoms with Crippen molar-refractivity contribution in [1.29, 1.82) is 0 Å². The predicted molar refractivity (Wildman–Crippen MR) is 90.6 cm³/mol. The molecule has 0 heterocycles. The van der Waals surface area contributed by atoms with Gasteiger partial charge < -0.3 is 10.5 Å². The molecule has 2 rings (SSSR count). The molecule has 2 aromatic rings. The Labute approximate surface area is 137 Å². The summed E-state index contributed by atoms with van der Waals surface area (Å²) < 4.78 is 6.69. The lowest BCUT2D eigenvalue weighted by atomic mass is 10.1. The van der Waals surface area contributed by atoms with Crippen LogP contribution in [0.15, 0.2) is 40.9 Å². The van der Waals surface area contributed by atoms with Gasteiger partial charge in [0, 0.05) is 16.1 Å². The molecule has 0 bridgehead atoms. The van der Waals surface area contributed by atoms with Crippen molar-refractivity contribution in [2.75, 3.05) is 0 Å². The van der Waals surface area contributed by atoms with Crippen molar-refractivity contribution in [3.05, 3.63) is 62.6 Å². The first kappa shape index (κ1) is 15.3. The van der Waals surface area contributed by atoms with Crippen molar-refractivity contribution in [2.45, 2.75) is 13.5 Å². The highest BCUT2D eigenvalue weighted by Crippen LogP contribution is 2.27. The fraction of sp³-hybridized carbons (Fsp3) is 0.133. The molecule has 0 aromatic heterocycles. The topological polar surface area (TPSA) is 35.2 Å². The second kappa shape index (κ2) is 6.57. The van der Waals surface area contributed by atoms with Crippen LogP contribution in [-0.4, -0.2) is 4.99 Å². The number of hydrogen-bond acceptors (Lipinski definition) is 2. The molecule has 20 heavy (non-hydrogen) atoms. The normalized spacial score (nSPS) is 10.3. The third-order valence-electron chi connectivity index (χ3n) is 2.81. The van der Waals surface area contributed by atoms with Crippen molar-refractivity contribution >= 4 is 44.7 Å². The predicted octanol–water partition coefficient (Wildman–Crippen LogP) is 4.62. The summed E-state index contributed by atoms with van der Waals surface area (Å²) >= 11 is 14.6. The summed E-state index contributed by atoms with van der Waals surface area (Å²) in [6, 6.07) is 11.4. The minimum Gasteiger partial charge on any atom is -0.488 e. The van der Waals surface area contributed by atoms with Gasteiger partial charge in [0.25, 0.3) is 0 Å². The van der Waals surface area contributed by atoms with Gasteiger partial charge in [-0.05, 0) is 46.6 Å². The molecule has 0 fully saturated rings. The first-order valence-electron chi connectivity index (χ1n) is 5.94. The number of thiocarbonyl (C=S) groups is 1.